The largest absolute Gasteiger partial charge is 0.388 e. The molecule has 0 fully saturated rings. The van der Waals surface area contributed by atoms with Crippen molar-refractivity contribution in [3.8, 4) is 0 Å². The summed E-state index contributed by atoms with van der Waals surface area (Å²) in [6.07, 6.45) is 0. The Bertz CT molecular complexity index is 530. The second-order valence-electron chi connectivity index (χ2n) is 5.35. The van der Waals surface area contributed by atoms with E-state index >= 15 is 0 Å². The van der Waals surface area contributed by atoms with Gasteiger partial charge < -0.3 is 10.4 Å². The summed E-state index contributed by atoms with van der Waals surface area (Å²) >= 11 is 0. The fourth-order valence-electron chi connectivity index (χ4n) is 1.31. The Labute approximate surface area is 108 Å². The van der Waals surface area contributed by atoms with Crippen LogP contribution < -0.4 is 10.5 Å². The molecule has 0 aromatic heterocycles. The molecular formula is C12H20N2O3S. The van der Waals surface area contributed by atoms with Crippen LogP contribution in [0, 0.1) is 0 Å². The Balaban J connectivity index is 3.22. The summed E-state index contributed by atoms with van der Waals surface area (Å²) in [5, 5.41) is 18.2. The Kier molecular flexibility index (Phi) is 3.76. The highest BCUT2D eigenvalue weighted by atomic mass is 32.2. The highest BCUT2D eigenvalue weighted by molar-refractivity contribution is 7.89. The van der Waals surface area contributed by atoms with E-state index in [0.717, 1.165) is 0 Å². The third-order valence-corrected chi connectivity index (χ3v) is 4.14. The number of aliphatic hydroxyl groups is 1. The number of benzene rings is 1. The van der Waals surface area contributed by atoms with Crippen molar-refractivity contribution in [1.29, 1.82) is 0 Å². The van der Waals surface area contributed by atoms with Crippen LogP contribution in [0.2, 0.25) is 0 Å². The van der Waals surface area contributed by atoms with Gasteiger partial charge in [-0.3, -0.25) is 0 Å². The monoisotopic (exact) mass is 272 g/mol. The minimum atomic E-state index is -3.80. The van der Waals surface area contributed by atoms with Gasteiger partial charge in [0, 0.05) is 0 Å². The number of nitrogens with one attached hydrogen (secondary N) is 1. The first-order valence-electron chi connectivity index (χ1n) is 5.57. The highest BCUT2D eigenvalue weighted by Gasteiger charge is 2.35. The predicted octanol–water partition coefficient (Wildman–Crippen LogP) is 1.30. The first-order valence-corrected chi connectivity index (χ1v) is 7.12. The summed E-state index contributed by atoms with van der Waals surface area (Å²) in [7, 11) is -3.80. The minimum absolute atomic E-state index is 0.0160. The predicted molar refractivity (Wildman–Crippen MR) is 71.8 cm³/mol. The Hall–Kier alpha value is -1.11. The lowest BCUT2D eigenvalue weighted by Crippen LogP contribution is -2.51. The van der Waals surface area contributed by atoms with Gasteiger partial charge in [-0.05, 0) is 39.8 Å². The molecule has 0 heterocycles. The lowest BCUT2D eigenvalue weighted by Gasteiger charge is -2.39. The minimum Gasteiger partial charge on any atom is -0.388 e. The summed E-state index contributed by atoms with van der Waals surface area (Å²) in [5.41, 5.74) is -1.36. The van der Waals surface area contributed by atoms with Crippen LogP contribution in [-0.2, 0) is 10.0 Å². The lowest BCUT2D eigenvalue weighted by atomic mass is 9.86. The molecule has 102 valence electrons. The van der Waals surface area contributed by atoms with E-state index in [4.69, 9.17) is 5.14 Å². The van der Waals surface area contributed by atoms with Crippen LogP contribution in [0.4, 0.5) is 5.69 Å². The van der Waals surface area contributed by atoms with E-state index in [-0.39, 0.29) is 4.90 Å². The molecule has 18 heavy (non-hydrogen) atoms. The first-order chi connectivity index (χ1) is 7.95. The molecule has 5 nitrogen and oxygen atoms in total. The van der Waals surface area contributed by atoms with Crippen molar-refractivity contribution in [2.75, 3.05) is 5.32 Å². The van der Waals surface area contributed by atoms with Crippen LogP contribution in [-0.4, -0.2) is 24.7 Å². The van der Waals surface area contributed by atoms with Crippen LogP contribution >= 0.6 is 0 Å². The molecule has 1 aromatic rings. The molecule has 0 unspecified atom stereocenters. The molecule has 6 heteroatoms. The molecule has 4 N–H and O–H groups in total. The van der Waals surface area contributed by atoms with E-state index < -0.39 is 21.2 Å². The number of hydrogen-bond acceptors (Lipinski definition) is 4. The van der Waals surface area contributed by atoms with Gasteiger partial charge in [0.2, 0.25) is 10.0 Å². The maximum absolute atomic E-state index is 11.5. The highest BCUT2D eigenvalue weighted by Crippen LogP contribution is 2.29. The number of primary sulfonamides is 1. The van der Waals surface area contributed by atoms with E-state index in [1.165, 1.54) is 6.07 Å². The van der Waals surface area contributed by atoms with E-state index in [0.29, 0.717) is 5.69 Å². The molecule has 0 atom stereocenters. The van der Waals surface area contributed by atoms with Crippen molar-refractivity contribution in [3.63, 3.8) is 0 Å². The van der Waals surface area contributed by atoms with Gasteiger partial charge in [0.15, 0.2) is 0 Å². The second kappa shape index (κ2) is 4.53. The van der Waals surface area contributed by atoms with Crippen LogP contribution in [0.15, 0.2) is 29.2 Å². The standard InChI is InChI=1S/C12H20N2O3S/c1-11(2,12(3,4)15)14-9-7-5-6-8-10(9)18(13,16)17/h5-8,14-15H,1-4H3,(H2,13,16,17). The molecule has 1 aromatic carbocycles. The summed E-state index contributed by atoms with van der Waals surface area (Å²) < 4.78 is 22.9. The third kappa shape index (κ3) is 3.22. The summed E-state index contributed by atoms with van der Waals surface area (Å²) in [6, 6.07) is 6.35. The number of rotatable bonds is 4. The molecular weight excluding hydrogens is 252 g/mol. The number of anilines is 1. The number of nitrogens with two attached hydrogens (primary N) is 1. The van der Waals surface area contributed by atoms with Crippen molar-refractivity contribution in [1.82, 2.24) is 0 Å². The maximum Gasteiger partial charge on any atom is 0.240 e. The summed E-state index contributed by atoms with van der Waals surface area (Å²) in [5.74, 6) is 0. The zero-order valence-electron chi connectivity index (χ0n) is 11.1. The SMILES string of the molecule is CC(C)(O)C(C)(C)Nc1ccccc1S(N)(=O)=O. The maximum atomic E-state index is 11.5. The lowest BCUT2D eigenvalue weighted by molar-refractivity contribution is 0.0239. The van der Waals surface area contributed by atoms with Crippen molar-refractivity contribution in [2.24, 2.45) is 5.14 Å². The first kappa shape index (κ1) is 14.9. The molecule has 0 aliphatic carbocycles. The van der Waals surface area contributed by atoms with Gasteiger partial charge in [0.05, 0.1) is 16.8 Å². The third-order valence-electron chi connectivity index (χ3n) is 3.17. The molecule has 0 saturated heterocycles. The molecule has 0 radical (unpaired) electrons. The van der Waals surface area contributed by atoms with Crippen molar-refractivity contribution < 1.29 is 13.5 Å². The fourth-order valence-corrected chi connectivity index (χ4v) is 2.00. The average Bonchev–Trinajstić information content (AvgIpc) is 2.14. The summed E-state index contributed by atoms with van der Waals surface area (Å²) in [4.78, 5) is 0.0160. The Morgan fingerprint density at radius 2 is 1.67 bits per heavy atom. The number of hydrogen-bond donors (Lipinski definition) is 3. The average molecular weight is 272 g/mol. The van der Waals surface area contributed by atoms with Crippen molar-refractivity contribution in [2.45, 2.75) is 43.7 Å². The number of sulfonamides is 1. The van der Waals surface area contributed by atoms with Gasteiger partial charge in [-0.1, -0.05) is 12.1 Å². The molecule has 1 rings (SSSR count). The smallest absolute Gasteiger partial charge is 0.240 e. The fraction of sp³-hybridized carbons (Fsp3) is 0.500. The van der Waals surface area contributed by atoms with E-state index in [9.17, 15) is 13.5 Å². The molecule has 0 saturated carbocycles. The second-order valence-corrected chi connectivity index (χ2v) is 6.88. The van der Waals surface area contributed by atoms with Crippen LogP contribution in [0.3, 0.4) is 0 Å². The van der Waals surface area contributed by atoms with Gasteiger partial charge in [-0.15, -0.1) is 0 Å². The van der Waals surface area contributed by atoms with E-state index in [2.05, 4.69) is 5.32 Å². The van der Waals surface area contributed by atoms with Crippen LogP contribution in [0.1, 0.15) is 27.7 Å². The van der Waals surface area contributed by atoms with E-state index in [1.54, 1.807) is 45.9 Å². The van der Waals surface area contributed by atoms with Crippen molar-refractivity contribution >= 4 is 15.7 Å². The topological polar surface area (TPSA) is 92.4 Å². The van der Waals surface area contributed by atoms with E-state index in [1.807, 2.05) is 0 Å². The van der Waals surface area contributed by atoms with Gasteiger partial charge in [-0.2, -0.15) is 0 Å². The summed E-state index contributed by atoms with van der Waals surface area (Å²) in [6.45, 7) is 6.87. The van der Waals surface area contributed by atoms with Gasteiger partial charge in [0.25, 0.3) is 0 Å². The molecule has 0 spiro atoms. The molecule has 0 aliphatic heterocycles. The molecule has 0 bridgehead atoms. The quantitative estimate of drug-likeness (QED) is 0.770. The zero-order chi connectivity index (χ0) is 14.2. The zero-order valence-corrected chi connectivity index (χ0v) is 11.9. The van der Waals surface area contributed by atoms with Gasteiger partial charge >= 0.3 is 0 Å². The van der Waals surface area contributed by atoms with Crippen molar-refractivity contribution in [3.05, 3.63) is 24.3 Å². The Morgan fingerprint density at radius 1 is 1.17 bits per heavy atom. The van der Waals surface area contributed by atoms with Crippen LogP contribution in [0.5, 0.6) is 0 Å². The Morgan fingerprint density at radius 3 is 2.11 bits per heavy atom. The normalized spacial score (nSPS) is 13.4. The number of para-hydroxylation sites is 1. The molecule has 0 amide bonds. The van der Waals surface area contributed by atoms with Gasteiger partial charge in [-0.25, -0.2) is 13.6 Å². The van der Waals surface area contributed by atoms with Gasteiger partial charge in [0.1, 0.15) is 4.90 Å². The molecule has 0 aliphatic rings. The van der Waals surface area contributed by atoms with Crippen LogP contribution in [0.25, 0.3) is 0 Å².